The van der Waals surface area contributed by atoms with Crippen LogP contribution in [0.25, 0.3) is 0 Å². The molecule has 0 saturated heterocycles. The summed E-state index contributed by atoms with van der Waals surface area (Å²) in [5, 5.41) is 2.57. The van der Waals surface area contributed by atoms with Gasteiger partial charge in [-0.3, -0.25) is 4.79 Å². The normalized spacial score (nSPS) is 12.9. The number of halogens is 1. The molecule has 0 aliphatic heterocycles. The third kappa shape index (κ3) is 5.66. The molecule has 20 heavy (non-hydrogen) atoms. The van der Waals surface area contributed by atoms with Gasteiger partial charge in [0.2, 0.25) is 15.9 Å². The highest BCUT2D eigenvalue weighted by atomic mass is 32.2. The lowest BCUT2D eigenvalue weighted by Crippen LogP contribution is -2.36. The maximum absolute atomic E-state index is 12.8. The van der Waals surface area contributed by atoms with Crippen molar-refractivity contribution in [1.29, 1.82) is 0 Å². The summed E-state index contributed by atoms with van der Waals surface area (Å²) in [6, 6.07) is 5.95. The largest absolute Gasteiger partial charge is 0.355 e. The number of nitrogens with one attached hydrogen (secondary N) is 2. The number of hydrogen-bond acceptors (Lipinski definition) is 3. The van der Waals surface area contributed by atoms with E-state index in [1.165, 1.54) is 19.2 Å². The summed E-state index contributed by atoms with van der Waals surface area (Å²) in [5.41, 5.74) is 0.858. The van der Waals surface area contributed by atoms with E-state index >= 15 is 0 Å². The second kappa shape index (κ2) is 7.35. The van der Waals surface area contributed by atoms with Crippen molar-refractivity contribution in [3.63, 3.8) is 0 Å². The molecule has 2 N–H and O–H groups in total. The molecule has 7 heteroatoms. The van der Waals surface area contributed by atoms with Crippen molar-refractivity contribution < 1.29 is 17.6 Å². The van der Waals surface area contributed by atoms with Gasteiger partial charge in [-0.2, -0.15) is 0 Å². The lowest BCUT2D eigenvalue weighted by Gasteiger charge is -2.12. The molecule has 1 rings (SSSR count). The molecule has 1 aromatic rings. The third-order valence-corrected chi connectivity index (χ3v) is 4.25. The molecule has 0 saturated carbocycles. The van der Waals surface area contributed by atoms with Crippen molar-refractivity contribution in [3.8, 4) is 0 Å². The van der Waals surface area contributed by atoms with Gasteiger partial charge in [-0.15, -0.1) is 0 Å². The number of benzene rings is 1. The van der Waals surface area contributed by atoms with Gasteiger partial charge >= 0.3 is 0 Å². The Morgan fingerprint density at radius 3 is 2.45 bits per heavy atom. The number of sulfonamides is 1. The van der Waals surface area contributed by atoms with Crippen LogP contribution >= 0.6 is 0 Å². The first-order chi connectivity index (χ1) is 9.34. The molecule has 0 aliphatic rings. The van der Waals surface area contributed by atoms with E-state index in [0.29, 0.717) is 6.42 Å². The Morgan fingerprint density at radius 2 is 1.90 bits per heavy atom. The number of carbonyl (C=O) groups is 1. The predicted octanol–water partition coefficient (Wildman–Crippen LogP) is 0.670. The molecule has 0 heterocycles. The van der Waals surface area contributed by atoms with Gasteiger partial charge in [-0.1, -0.05) is 19.1 Å². The fourth-order valence-electron chi connectivity index (χ4n) is 1.65. The monoisotopic (exact) mass is 302 g/mol. The van der Waals surface area contributed by atoms with E-state index < -0.39 is 10.0 Å². The van der Waals surface area contributed by atoms with Crippen molar-refractivity contribution in [2.75, 3.05) is 19.3 Å². The van der Waals surface area contributed by atoms with E-state index in [-0.39, 0.29) is 29.9 Å². The zero-order valence-electron chi connectivity index (χ0n) is 11.5. The number of hydrogen-bond donors (Lipinski definition) is 2. The lowest BCUT2D eigenvalue weighted by molar-refractivity contribution is -0.124. The van der Waals surface area contributed by atoms with Crippen LogP contribution < -0.4 is 10.0 Å². The Bertz CT molecular complexity index is 543. The molecule has 0 aliphatic carbocycles. The summed E-state index contributed by atoms with van der Waals surface area (Å²) in [6.07, 6.45) is 0.477. The van der Waals surface area contributed by atoms with E-state index in [1.807, 2.05) is 0 Å². The molecule has 1 unspecified atom stereocenters. The van der Waals surface area contributed by atoms with E-state index in [4.69, 9.17) is 0 Å². The van der Waals surface area contributed by atoms with Crippen molar-refractivity contribution in [1.82, 2.24) is 10.0 Å². The van der Waals surface area contributed by atoms with Crippen molar-refractivity contribution in [2.45, 2.75) is 13.3 Å². The smallest absolute Gasteiger partial charge is 0.223 e. The average Bonchev–Trinajstić information content (AvgIpc) is 2.41. The zero-order valence-corrected chi connectivity index (χ0v) is 12.3. The van der Waals surface area contributed by atoms with E-state index in [0.717, 1.165) is 5.56 Å². The van der Waals surface area contributed by atoms with Crippen LogP contribution in [-0.2, 0) is 21.2 Å². The minimum absolute atomic E-state index is 0.0652. The van der Waals surface area contributed by atoms with Crippen LogP contribution in [0.2, 0.25) is 0 Å². The molecular formula is C13H19FN2O3S. The summed E-state index contributed by atoms with van der Waals surface area (Å²) in [6.45, 7) is 1.81. The fraction of sp³-hybridized carbons (Fsp3) is 0.462. The molecule has 1 atom stereocenters. The molecule has 0 fully saturated rings. The Kier molecular flexibility index (Phi) is 6.09. The van der Waals surface area contributed by atoms with Crippen LogP contribution in [0.4, 0.5) is 4.39 Å². The van der Waals surface area contributed by atoms with Crippen LogP contribution in [0.1, 0.15) is 12.5 Å². The Hall–Kier alpha value is -1.47. The Balaban J connectivity index is 2.41. The predicted molar refractivity (Wildman–Crippen MR) is 75.1 cm³/mol. The molecule has 1 amide bonds. The third-order valence-electron chi connectivity index (χ3n) is 2.88. The van der Waals surface area contributed by atoms with Crippen LogP contribution in [0.15, 0.2) is 24.3 Å². The first kappa shape index (κ1) is 16.6. The summed E-state index contributed by atoms with van der Waals surface area (Å²) in [5.74, 6) is -1.00. The van der Waals surface area contributed by atoms with E-state index in [1.54, 1.807) is 19.1 Å². The quantitative estimate of drug-likeness (QED) is 0.777. The Morgan fingerprint density at radius 1 is 1.30 bits per heavy atom. The minimum atomic E-state index is -3.31. The van der Waals surface area contributed by atoms with Gasteiger partial charge in [0.05, 0.1) is 5.75 Å². The SMILES string of the molecule is CNS(=O)(=O)CCNC(=O)C(C)Cc1ccc(F)cc1. The zero-order chi connectivity index (χ0) is 15.2. The summed E-state index contributed by atoms with van der Waals surface area (Å²) in [4.78, 5) is 11.8. The summed E-state index contributed by atoms with van der Waals surface area (Å²) in [7, 11) is -1.98. The lowest BCUT2D eigenvalue weighted by atomic mass is 10.0. The molecule has 0 spiro atoms. The van der Waals surface area contributed by atoms with Gasteiger partial charge < -0.3 is 5.32 Å². The molecule has 5 nitrogen and oxygen atoms in total. The highest BCUT2D eigenvalue weighted by Gasteiger charge is 2.14. The molecule has 1 aromatic carbocycles. The van der Waals surface area contributed by atoms with Gasteiger partial charge in [0, 0.05) is 12.5 Å². The summed E-state index contributed by atoms with van der Waals surface area (Å²) < 4.78 is 37.3. The Labute approximate surface area is 118 Å². The van der Waals surface area contributed by atoms with Gasteiger partial charge in [-0.25, -0.2) is 17.5 Å². The van der Waals surface area contributed by atoms with Crippen molar-refractivity contribution in [3.05, 3.63) is 35.6 Å². The fourth-order valence-corrected chi connectivity index (χ4v) is 2.23. The number of amides is 1. The van der Waals surface area contributed by atoms with Crippen LogP contribution in [-0.4, -0.2) is 33.7 Å². The van der Waals surface area contributed by atoms with Gasteiger partial charge in [-0.05, 0) is 31.2 Å². The maximum Gasteiger partial charge on any atom is 0.223 e. The van der Waals surface area contributed by atoms with Gasteiger partial charge in [0.25, 0.3) is 0 Å². The highest BCUT2D eigenvalue weighted by Crippen LogP contribution is 2.09. The second-order valence-corrected chi connectivity index (χ2v) is 6.59. The number of carbonyl (C=O) groups excluding carboxylic acids is 1. The molecule has 0 aromatic heterocycles. The average molecular weight is 302 g/mol. The minimum Gasteiger partial charge on any atom is -0.355 e. The topological polar surface area (TPSA) is 75.3 Å². The molecule has 0 bridgehead atoms. The van der Waals surface area contributed by atoms with Gasteiger partial charge in [0.1, 0.15) is 5.82 Å². The van der Waals surface area contributed by atoms with Crippen LogP contribution in [0, 0.1) is 11.7 Å². The number of rotatable bonds is 7. The van der Waals surface area contributed by atoms with E-state index in [2.05, 4.69) is 10.0 Å². The van der Waals surface area contributed by atoms with Crippen LogP contribution in [0.5, 0.6) is 0 Å². The van der Waals surface area contributed by atoms with E-state index in [9.17, 15) is 17.6 Å². The van der Waals surface area contributed by atoms with Crippen molar-refractivity contribution >= 4 is 15.9 Å². The summed E-state index contributed by atoms with van der Waals surface area (Å²) >= 11 is 0. The second-order valence-electron chi connectivity index (χ2n) is 4.55. The molecular weight excluding hydrogens is 283 g/mol. The van der Waals surface area contributed by atoms with Crippen molar-refractivity contribution in [2.24, 2.45) is 5.92 Å². The van der Waals surface area contributed by atoms with Gasteiger partial charge in [0.15, 0.2) is 0 Å². The highest BCUT2D eigenvalue weighted by molar-refractivity contribution is 7.89. The maximum atomic E-state index is 12.8. The first-order valence-corrected chi connectivity index (χ1v) is 7.92. The first-order valence-electron chi connectivity index (χ1n) is 6.27. The standard InChI is InChI=1S/C13H19FN2O3S/c1-10(9-11-3-5-12(14)6-4-11)13(17)16-7-8-20(18,19)15-2/h3-6,10,15H,7-9H2,1-2H3,(H,16,17). The van der Waals surface area contributed by atoms with Crippen LogP contribution in [0.3, 0.4) is 0 Å². The molecule has 112 valence electrons. The molecule has 0 radical (unpaired) electrons.